The summed E-state index contributed by atoms with van der Waals surface area (Å²) in [6.07, 6.45) is -4.52. The third kappa shape index (κ3) is 3.04. The highest BCUT2D eigenvalue weighted by Gasteiger charge is 2.31. The first-order valence-corrected chi connectivity index (χ1v) is 4.43. The number of benzene rings is 1. The molecule has 0 aliphatic carbocycles. The van der Waals surface area contributed by atoms with Crippen LogP contribution in [0.5, 0.6) is 0 Å². The zero-order chi connectivity index (χ0) is 11.6. The van der Waals surface area contributed by atoms with E-state index in [1.54, 1.807) is 0 Å². The molecule has 0 saturated carbocycles. The Hall–Kier alpha value is -0.880. The van der Waals surface area contributed by atoms with Gasteiger partial charge in [-0.2, -0.15) is 18.3 Å². The molecule has 0 aliphatic rings. The van der Waals surface area contributed by atoms with Crippen molar-refractivity contribution in [2.45, 2.75) is 6.18 Å². The first-order chi connectivity index (χ1) is 6.82. The minimum Gasteiger partial charge on any atom is -0.166 e. The Kier molecular flexibility index (Phi) is 3.51. The first-order valence-electron chi connectivity index (χ1n) is 3.65. The smallest absolute Gasteiger partial charge is 0.166 e. The monoisotopic (exact) mass is 257 g/mol. The van der Waals surface area contributed by atoms with Crippen molar-refractivity contribution in [1.29, 1.82) is 0 Å². The first kappa shape index (κ1) is 12.2. The van der Waals surface area contributed by atoms with Crippen molar-refractivity contribution in [1.82, 2.24) is 0 Å². The molecule has 0 N–H and O–H groups in total. The fraction of sp³-hybridized carbons (Fsp3) is 0.125. The van der Waals surface area contributed by atoms with Gasteiger partial charge in [-0.15, -0.1) is 0 Å². The lowest BCUT2D eigenvalue weighted by Crippen LogP contribution is -2.15. The third-order valence-electron chi connectivity index (χ3n) is 1.55. The Bertz CT molecular complexity index is 379. The van der Waals surface area contributed by atoms with Gasteiger partial charge < -0.3 is 0 Å². The number of nitrogens with zero attached hydrogens (tertiary/aromatic N) is 1. The molecule has 0 heterocycles. The zero-order valence-corrected chi connectivity index (χ0v) is 8.63. The average molecular weight is 258 g/mol. The molecule has 0 fully saturated rings. The molecule has 0 amide bonds. The van der Waals surface area contributed by atoms with E-state index in [1.165, 1.54) is 0 Å². The van der Waals surface area contributed by atoms with Crippen LogP contribution in [-0.2, 0) is 6.18 Å². The van der Waals surface area contributed by atoms with Gasteiger partial charge in [0.25, 0.3) is 0 Å². The SMILES string of the molecule is FN(C(=S)Cl)c1cccc(C(F)(F)F)c1. The highest BCUT2D eigenvalue weighted by molar-refractivity contribution is 7.83. The molecule has 0 radical (unpaired) electrons. The van der Waals surface area contributed by atoms with Gasteiger partial charge in [0.1, 0.15) is 0 Å². The molecule has 0 aliphatic heterocycles. The Morgan fingerprint density at radius 1 is 1.33 bits per heavy atom. The summed E-state index contributed by atoms with van der Waals surface area (Å²) in [5.74, 6) is 0. The van der Waals surface area contributed by atoms with E-state index in [1.807, 2.05) is 0 Å². The number of rotatable bonds is 1. The maximum absolute atomic E-state index is 13.0. The van der Waals surface area contributed by atoms with Crippen molar-refractivity contribution in [3.8, 4) is 0 Å². The molecule has 0 aromatic heterocycles. The highest BCUT2D eigenvalue weighted by atomic mass is 35.5. The quantitative estimate of drug-likeness (QED) is 0.247. The summed E-state index contributed by atoms with van der Waals surface area (Å²) in [4.78, 5) is 0. The van der Waals surface area contributed by atoms with Gasteiger partial charge in [-0.1, -0.05) is 10.5 Å². The van der Waals surface area contributed by atoms with Crippen LogP contribution in [0.15, 0.2) is 24.3 Å². The van der Waals surface area contributed by atoms with Crippen LogP contribution in [-0.4, -0.2) is 4.45 Å². The number of anilines is 1. The topological polar surface area (TPSA) is 3.24 Å². The molecule has 0 saturated heterocycles. The summed E-state index contributed by atoms with van der Waals surface area (Å²) in [6.45, 7) is 0. The van der Waals surface area contributed by atoms with Crippen molar-refractivity contribution in [3.05, 3.63) is 29.8 Å². The molecule has 1 aromatic rings. The van der Waals surface area contributed by atoms with Crippen molar-refractivity contribution in [3.63, 3.8) is 0 Å². The van der Waals surface area contributed by atoms with E-state index in [9.17, 15) is 17.7 Å². The summed E-state index contributed by atoms with van der Waals surface area (Å²) < 4.78 is 49.0. The summed E-state index contributed by atoms with van der Waals surface area (Å²) >= 11 is 9.40. The van der Waals surface area contributed by atoms with Gasteiger partial charge in [0.15, 0.2) is 0 Å². The van der Waals surface area contributed by atoms with Gasteiger partial charge in [-0.3, -0.25) is 0 Å². The number of thiocarbonyl (C=S) groups is 1. The maximum Gasteiger partial charge on any atom is 0.416 e. The van der Waals surface area contributed by atoms with Crippen LogP contribution in [0.4, 0.5) is 23.3 Å². The average Bonchev–Trinajstić information content (AvgIpc) is 2.15. The van der Waals surface area contributed by atoms with Crippen LogP contribution < -0.4 is 5.12 Å². The second-order valence-electron chi connectivity index (χ2n) is 2.58. The fourth-order valence-electron chi connectivity index (χ4n) is 0.906. The van der Waals surface area contributed by atoms with Crippen molar-refractivity contribution >= 4 is 34.0 Å². The summed E-state index contributed by atoms with van der Waals surface area (Å²) in [6, 6.07) is 3.65. The molecule has 0 spiro atoms. The number of hydrogen-bond donors (Lipinski definition) is 0. The van der Waals surface area contributed by atoms with Gasteiger partial charge in [0.05, 0.1) is 11.3 Å². The van der Waals surface area contributed by atoms with Crippen LogP contribution in [0.25, 0.3) is 0 Å². The number of alkyl halides is 3. The van der Waals surface area contributed by atoms with E-state index >= 15 is 0 Å². The van der Waals surface area contributed by atoms with Crippen molar-refractivity contribution in [2.75, 3.05) is 5.12 Å². The van der Waals surface area contributed by atoms with E-state index < -0.39 is 16.2 Å². The molecule has 0 atom stereocenters. The van der Waals surface area contributed by atoms with E-state index in [4.69, 9.17) is 11.6 Å². The fourth-order valence-corrected chi connectivity index (χ4v) is 1.11. The molecule has 1 nitrogen and oxygen atoms in total. The Morgan fingerprint density at radius 3 is 2.40 bits per heavy atom. The van der Waals surface area contributed by atoms with Gasteiger partial charge in [0, 0.05) is 0 Å². The summed E-state index contributed by atoms with van der Waals surface area (Å²) in [5, 5.41) is -0.202. The lowest BCUT2D eigenvalue weighted by atomic mass is 10.2. The van der Waals surface area contributed by atoms with Crippen LogP contribution in [0.2, 0.25) is 0 Å². The number of hydrogen-bond acceptors (Lipinski definition) is 1. The Morgan fingerprint density at radius 2 is 1.93 bits per heavy atom. The minimum atomic E-state index is -4.52. The van der Waals surface area contributed by atoms with E-state index in [2.05, 4.69) is 12.2 Å². The second-order valence-corrected chi connectivity index (χ2v) is 3.55. The minimum absolute atomic E-state index is 0.202. The molecular weight excluding hydrogens is 254 g/mol. The van der Waals surface area contributed by atoms with Crippen LogP contribution in [0.3, 0.4) is 0 Å². The van der Waals surface area contributed by atoms with E-state index in [0.717, 1.165) is 18.2 Å². The Labute approximate surface area is 93.2 Å². The molecule has 15 heavy (non-hydrogen) atoms. The molecule has 7 heteroatoms. The number of halogens is 5. The van der Waals surface area contributed by atoms with Crippen LogP contribution in [0.1, 0.15) is 5.56 Å². The molecular formula is C8H4ClF4NS. The van der Waals surface area contributed by atoms with Gasteiger partial charge in [0.2, 0.25) is 4.45 Å². The molecule has 0 bridgehead atoms. The van der Waals surface area contributed by atoms with E-state index in [0.29, 0.717) is 6.07 Å². The maximum atomic E-state index is 13.0. The summed E-state index contributed by atoms with van der Waals surface area (Å²) in [5.41, 5.74) is -1.32. The van der Waals surface area contributed by atoms with Crippen molar-refractivity contribution < 1.29 is 17.7 Å². The lowest BCUT2D eigenvalue weighted by Gasteiger charge is -2.12. The van der Waals surface area contributed by atoms with Crippen LogP contribution in [0, 0.1) is 0 Å². The van der Waals surface area contributed by atoms with Gasteiger partial charge >= 0.3 is 6.18 Å². The van der Waals surface area contributed by atoms with Crippen LogP contribution >= 0.6 is 23.8 Å². The standard InChI is InChI=1S/C8H4ClF4NS/c9-7(15)14(13)6-3-1-2-5(4-6)8(10,11)12/h1-4H. The highest BCUT2D eigenvalue weighted by Crippen LogP contribution is 2.31. The lowest BCUT2D eigenvalue weighted by molar-refractivity contribution is -0.137. The predicted molar refractivity (Wildman–Crippen MR) is 53.5 cm³/mol. The predicted octanol–water partition coefficient (Wildman–Crippen LogP) is 3.92. The normalized spacial score (nSPS) is 11.3. The Balaban J connectivity index is 3.08. The largest absolute Gasteiger partial charge is 0.416 e. The van der Waals surface area contributed by atoms with E-state index in [-0.39, 0.29) is 10.8 Å². The van der Waals surface area contributed by atoms with Gasteiger partial charge in [-0.25, -0.2) is 0 Å². The third-order valence-corrected chi connectivity index (χ3v) is 1.86. The van der Waals surface area contributed by atoms with Crippen molar-refractivity contribution in [2.24, 2.45) is 0 Å². The molecule has 0 unspecified atom stereocenters. The van der Waals surface area contributed by atoms with Gasteiger partial charge in [-0.05, 0) is 42.0 Å². The zero-order valence-electron chi connectivity index (χ0n) is 7.05. The molecule has 1 aromatic carbocycles. The molecule has 82 valence electrons. The summed E-state index contributed by atoms with van der Waals surface area (Å²) in [7, 11) is 0. The molecule has 1 rings (SSSR count). The second kappa shape index (κ2) is 4.32.